The van der Waals surface area contributed by atoms with Crippen LogP contribution in [0.1, 0.15) is 22.5 Å². The molecule has 14 heteroatoms. The first-order chi connectivity index (χ1) is 19.9. The molecule has 1 aromatic carbocycles. The summed E-state index contributed by atoms with van der Waals surface area (Å²) < 4.78 is 10.5. The molecule has 0 spiro atoms. The van der Waals surface area contributed by atoms with E-state index in [1.165, 1.54) is 7.11 Å². The third-order valence-electron chi connectivity index (χ3n) is 7.57. The molecular formula is C27H34N8O5S. The summed E-state index contributed by atoms with van der Waals surface area (Å²) in [6, 6.07) is 8.16. The summed E-state index contributed by atoms with van der Waals surface area (Å²) in [6.07, 6.45) is 3.37. The Morgan fingerprint density at radius 3 is 2.51 bits per heavy atom. The van der Waals surface area contributed by atoms with Crippen LogP contribution in [-0.2, 0) is 4.74 Å². The quantitative estimate of drug-likeness (QED) is 0.215. The van der Waals surface area contributed by atoms with E-state index < -0.39 is 10.9 Å². The van der Waals surface area contributed by atoms with Crippen molar-refractivity contribution in [3.05, 3.63) is 50.8 Å². The molecule has 0 unspecified atom stereocenters. The van der Waals surface area contributed by atoms with E-state index in [-0.39, 0.29) is 22.3 Å². The Balaban J connectivity index is 1.29. The molecule has 41 heavy (non-hydrogen) atoms. The Hall–Kier alpha value is -4.01. The van der Waals surface area contributed by atoms with Gasteiger partial charge in [-0.15, -0.1) is 11.3 Å². The lowest BCUT2D eigenvalue weighted by molar-refractivity contribution is -0.384. The van der Waals surface area contributed by atoms with Crippen LogP contribution in [0.25, 0.3) is 0 Å². The summed E-state index contributed by atoms with van der Waals surface area (Å²) in [5.41, 5.74) is 1.71. The van der Waals surface area contributed by atoms with Crippen LogP contribution in [0.4, 0.5) is 34.5 Å². The number of nitrogens with zero attached hydrogens (tertiary/aromatic N) is 6. The molecule has 4 heterocycles. The van der Waals surface area contributed by atoms with Crippen molar-refractivity contribution >= 4 is 51.8 Å². The number of nitrogens with one attached hydrogen (secondary N) is 2. The molecule has 218 valence electrons. The summed E-state index contributed by atoms with van der Waals surface area (Å²) in [6.45, 7) is 6.48. The average molecular weight is 583 g/mol. The first kappa shape index (κ1) is 28.5. The van der Waals surface area contributed by atoms with Gasteiger partial charge in [0, 0.05) is 57.1 Å². The molecular weight excluding hydrogens is 548 g/mol. The zero-order valence-corrected chi connectivity index (χ0v) is 24.1. The molecule has 3 aromatic rings. The number of piperidine rings is 1. The Bertz CT molecular complexity index is 1390. The Labute approximate surface area is 242 Å². The predicted octanol–water partition coefficient (Wildman–Crippen LogP) is 3.94. The van der Waals surface area contributed by atoms with Gasteiger partial charge in [-0.3, -0.25) is 15.0 Å². The molecule has 2 aromatic heterocycles. The standard InChI is InChI=1S/C27H34N8O5S/c1-32-11-13-34(14-12-32)18-6-9-33(10-7-18)19-4-5-20(23(16-19)39-2)30-27-28-17-22(35(37)38)25(31-27)29-21-8-15-41-24(21)26(36)40-3/h4-5,8,15-18H,6-7,9-14H2,1-3H3,(H2,28,29,30,31). The minimum Gasteiger partial charge on any atom is -0.494 e. The van der Waals surface area contributed by atoms with Gasteiger partial charge in [-0.2, -0.15) is 4.98 Å². The van der Waals surface area contributed by atoms with Crippen molar-refractivity contribution in [1.82, 2.24) is 19.8 Å². The van der Waals surface area contributed by atoms with Gasteiger partial charge in [0.25, 0.3) is 0 Å². The number of anilines is 5. The summed E-state index contributed by atoms with van der Waals surface area (Å²) in [5.74, 6) is 0.124. The van der Waals surface area contributed by atoms with E-state index in [4.69, 9.17) is 9.47 Å². The molecule has 2 fully saturated rings. The largest absolute Gasteiger partial charge is 0.494 e. The average Bonchev–Trinajstić information content (AvgIpc) is 3.45. The number of methoxy groups -OCH3 is 2. The number of hydrogen-bond donors (Lipinski definition) is 2. The Kier molecular flexibility index (Phi) is 8.81. The lowest BCUT2D eigenvalue weighted by atomic mass is 10.0. The van der Waals surface area contributed by atoms with Crippen molar-refractivity contribution in [2.24, 2.45) is 0 Å². The highest BCUT2D eigenvalue weighted by Crippen LogP contribution is 2.35. The van der Waals surface area contributed by atoms with Gasteiger partial charge in [0.15, 0.2) is 0 Å². The van der Waals surface area contributed by atoms with Crippen molar-refractivity contribution in [2.75, 3.05) is 76.1 Å². The number of thiophene rings is 1. The van der Waals surface area contributed by atoms with Crippen LogP contribution in [0.2, 0.25) is 0 Å². The molecule has 0 saturated carbocycles. The molecule has 0 bridgehead atoms. The van der Waals surface area contributed by atoms with E-state index in [1.807, 2.05) is 18.2 Å². The highest BCUT2D eigenvalue weighted by Gasteiger charge is 2.27. The molecule has 13 nitrogen and oxygen atoms in total. The maximum atomic E-state index is 12.1. The maximum absolute atomic E-state index is 12.1. The number of aromatic nitrogens is 2. The molecule has 2 saturated heterocycles. The van der Waals surface area contributed by atoms with Gasteiger partial charge in [0.1, 0.15) is 16.8 Å². The maximum Gasteiger partial charge on any atom is 0.350 e. The van der Waals surface area contributed by atoms with Crippen molar-refractivity contribution in [3.63, 3.8) is 0 Å². The lowest BCUT2D eigenvalue weighted by Crippen LogP contribution is -2.52. The van der Waals surface area contributed by atoms with Crippen molar-refractivity contribution < 1.29 is 19.2 Å². The number of nitro groups is 1. The number of carbonyl (C=O) groups excluding carboxylic acids is 1. The monoisotopic (exact) mass is 582 g/mol. The molecule has 0 amide bonds. The minimum absolute atomic E-state index is 0.0603. The fourth-order valence-electron chi connectivity index (χ4n) is 5.22. The van der Waals surface area contributed by atoms with Crippen LogP contribution in [0.15, 0.2) is 35.8 Å². The van der Waals surface area contributed by atoms with Gasteiger partial charge in [-0.25, -0.2) is 9.78 Å². The van der Waals surface area contributed by atoms with Crippen LogP contribution in [0.5, 0.6) is 5.75 Å². The third-order valence-corrected chi connectivity index (χ3v) is 8.47. The fourth-order valence-corrected chi connectivity index (χ4v) is 5.99. The minimum atomic E-state index is -0.585. The first-order valence-electron chi connectivity index (χ1n) is 13.4. The van der Waals surface area contributed by atoms with E-state index in [0.717, 1.165) is 75.3 Å². The number of esters is 1. The second kappa shape index (κ2) is 12.7. The second-order valence-corrected chi connectivity index (χ2v) is 10.9. The van der Waals surface area contributed by atoms with Crippen LogP contribution in [0, 0.1) is 10.1 Å². The summed E-state index contributed by atoms with van der Waals surface area (Å²) in [5, 5.41) is 19.3. The molecule has 0 atom stereocenters. The van der Waals surface area contributed by atoms with E-state index in [1.54, 1.807) is 18.6 Å². The number of likely N-dealkylation sites (N-methyl/N-ethyl adjacent to an activating group) is 1. The number of hydrogen-bond acceptors (Lipinski definition) is 13. The number of carbonyl (C=O) groups is 1. The number of benzene rings is 1. The number of ether oxygens (including phenoxy) is 2. The molecule has 0 radical (unpaired) electrons. The van der Waals surface area contributed by atoms with Gasteiger partial charge in [0.2, 0.25) is 11.8 Å². The van der Waals surface area contributed by atoms with Crippen LogP contribution in [-0.4, -0.2) is 97.2 Å². The highest BCUT2D eigenvalue weighted by atomic mass is 32.1. The van der Waals surface area contributed by atoms with Gasteiger partial charge >= 0.3 is 11.7 Å². The SMILES string of the molecule is COC(=O)c1sccc1Nc1nc(Nc2ccc(N3CCC(N4CCN(C)CC4)CC3)cc2OC)ncc1[N+](=O)[O-]. The normalized spacial score (nSPS) is 16.8. The van der Waals surface area contributed by atoms with Gasteiger partial charge in [0.05, 0.1) is 30.5 Å². The Morgan fingerprint density at radius 1 is 1.07 bits per heavy atom. The van der Waals surface area contributed by atoms with Crippen LogP contribution < -0.4 is 20.3 Å². The third kappa shape index (κ3) is 6.50. The molecule has 2 N–H and O–H groups in total. The van der Waals surface area contributed by atoms with Gasteiger partial charge < -0.3 is 29.9 Å². The molecule has 2 aliphatic heterocycles. The zero-order valence-electron chi connectivity index (χ0n) is 23.3. The predicted molar refractivity (Wildman–Crippen MR) is 158 cm³/mol. The van der Waals surface area contributed by atoms with Crippen molar-refractivity contribution in [2.45, 2.75) is 18.9 Å². The topological polar surface area (TPSA) is 138 Å². The van der Waals surface area contributed by atoms with Gasteiger partial charge in [-0.05, 0) is 43.5 Å². The summed E-state index contributed by atoms with van der Waals surface area (Å²) in [7, 11) is 5.05. The number of rotatable bonds is 9. The highest BCUT2D eigenvalue weighted by molar-refractivity contribution is 7.12. The molecule has 0 aliphatic carbocycles. The van der Waals surface area contributed by atoms with E-state index in [9.17, 15) is 14.9 Å². The van der Waals surface area contributed by atoms with Crippen molar-refractivity contribution in [3.8, 4) is 5.75 Å². The zero-order chi connectivity index (χ0) is 28.9. The van der Waals surface area contributed by atoms with Gasteiger partial charge in [-0.1, -0.05) is 0 Å². The van der Waals surface area contributed by atoms with E-state index >= 15 is 0 Å². The Morgan fingerprint density at radius 2 is 1.83 bits per heavy atom. The van der Waals surface area contributed by atoms with E-state index in [2.05, 4.69) is 42.3 Å². The second-order valence-electron chi connectivity index (χ2n) is 10.0. The van der Waals surface area contributed by atoms with E-state index in [0.29, 0.717) is 23.2 Å². The lowest BCUT2D eigenvalue weighted by Gasteiger charge is -2.42. The summed E-state index contributed by atoms with van der Waals surface area (Å²) in [4.78, 5) is 39.3. The smallest absolute Gasteiger partial charge is 0.350 e. The van der Waals surface area contributed by atoms with Crippen LogP contribution >= 0.6 is 11.3 Å². The fraction of sp³-hybridized carbons (Fsp3) is 0.444. The number of piperazine rings is 1. The van der Waals surface area contributed by atoms with Crippen LogP contribution in [0.3, 0.4) is 0 Å². The first-order valence-corrected chi connectivity index (χ1v) is 14.3. The van der Waals surface area contributed by atoms with Crippen molar-refractivity contribution in [1.29, 1.82) is 0 Å². The molecule has 5 rings (SSSR count). The molecule has 2 aliphatic rings. The summed E-state index contributed by atoms with van der Waals surface area (Å²) >= 11 is 1.16.